The van der Waals surface area contributed by atoms with Crippen molar-refractivity contribution in [2.24, 2.45) is 11.8 Å². The van der Waals surface area contributed by atoms with E-state index in [0.717, 1.165) is 11.8 Å². The van der Waals surface area contributed by atoms with Gasteiger partial charge in [-0.3, -0.25) is 0 Å². The second-order valence-corrected chi connectivity index (χ2v) is 7.00. The predicted molar refractivity (Wildman–Crippen MR) is 96.7 cm³/mol. The third-order valence-corrected chi connectivity index (χ3v) is 5.40. The Kier molecular flexibility index (Phi) is 5.93. The van der Waals surface area contributed by atoms with E-state index in [1.54, 1.807) is 5.57 Å². The Morgan fingerprint density at radius 2 is 1.50 bits per heavy atom. The van der Waals surface area contributed by atoms with Crippen molar-refractivity contribution in [3.05, 3.63) is 54.1 Å². The van der Waals surface area contributed by atoms with Gasteiger partial charge in [-0.05, 0) is 61.5 Å². The second kappa shape index (κ2) is 8.36. The third kappa shape index (κ3) is 4.12. The van der Waals surface area contributed by atoms with Crippen LogP contribution in [0.3, 0.4) is 0 Å². The van der Waals surface area contributed by atoms with E-state index in [9.17, 15) is 0 Å². The van der Waals surface area contributed by atoms with Crippen molar-refractivity contribution in [2.45, 2.75) is 64.2 Å². The summed E-state index contributed by atoms with van der Waals surface area (Å²) in [4.78, 5) is 0. The molecule has 0 amide bonds. The van der Waals surface area contributed by atoms with Crippen molar-refractivity contribution in [1.29, 1.82) is 0 Å². The number of rotatable bonds is 2. The van der Waals surface area contributed by atoms with Crippen molar-refractivity contribution >= 4 is 5.57 Å². The van der Waals surface area contributed by atoms with Crippen LogP contribution in [-0.2, 0) is 0 Å². The van der Waals surface area contributed by atoms with Gasteiger partial charge in [0.1, 0.15) is 0 Å². The zero-order valence-corrected chi connectivity index (χ0v) is 13.8. The Morgan fingerprint density at radius 3 is 2.36 bits per heavy atom. The highest BCUT2D eigenvalue weighted by Crippen LogP contribution is 2.39. The summed E-state index contributed by atoms with van der Waals surface area (Å²) < 4.78 is 0. The van der Waals surface area contributed by atoms with Crippen LogP contribution in [0.2, 0.25) is 0 Å². The van der Waals surface area contributed by atoms with Gasteiger partial charge in [0.25, 0.3) is 0 Å². The van der Waals surface area contributed by atoms with E-state index in [4.69, 9.17) is 0 Å². The molecule has 1 aromatic carbocycles. The molecule has 0 saturated carbocycles. The Labute approximate surface area is 136 Å². The second-order valence-electron chi connectivity index (χ2n) is 7.00. The smallest absolute Gasteiger partial charge is 0.00962 e. The van der Waals surface area contributed by atoms with Crippen LogP contribution in [-0.4, -0.2) is 0 Å². The van der Waals surface area contributed by atoms with E-state index in [1.807, 2.05) is 0 Å². The van der Waals surface area contributed by atoms with Gasteiger partial charge in [0.2, 0.25) is 0 Å². The summed E-state index contributed by atoms with van der Waals surface area (Å²) in [7, 11) is 0. The first-order valence-electron chi connectivity index (χ1n) is 9.37. The Balaban J connectivity index is 1.89. The number of allylic oxidation sites excluding steroid dienone is 4. The minimum absolute atomic E-state index is 0.733. The molecule has 0 bridgehead atoms. The molecule has 0 heteroatoms. The Bertz CT molecular complexity index is 494. The largest absolute Gasteiger partial charge is 0.0882 e. The van der Waals surface area contributed by atoms with Crippen LogP contribution < -0.4 is 0 Å². The van der Waals surface area contributed by atoms with Crippen LogP contribution >= 0.6 is 0 Å². The summed E-state index contributed by atoms with van der Waals surface area (Å²) in [5.41, 5.74) is 3.10. The highest BCUT2D eigenvalue weighted by atomic mass is 14.3. The summed E-state index contributed by atoms with van der Waals surface area (Å²) in [5, 5.41) is 0. The molecule has 0 N–H and O–H groups in total. The molecule has 2 atom stereocenters. The number of hydrogen-bond acceptors (Lipinski definition) is 0. The van der Waals surface area contributed by atoms with E-state index >= 15 is 0 Å². The topological polar surface area (TPSA) is 0 Å². The first kappa shape index (κ1) is 15.6. The molecule has 0 nitrogen and oxygen atoms in total. The lowest BCUT2D eigenvalue weighted by molar-refractivity contribution is 0.390. The van der Waals surface area contributed by atoms with Crippen LogP contribution in [0.5, 0.6) is 0 Å². The van der Waals surface area contributed by atoms with Crippen LogP contribution in [0.15, 0.2) is 48.6 Å². The van der Waals surface area contributed by atoms with Crippen LogP contribution in [0.4, 0.5) is 0 Å². The van der Waals surface area contributed by atoms with Crippen LogP contribution in [0, 0.1) is 11.8 Å². The molecule has 22 heavy (non-hydrogen) atoms. The van der Waals surface area contributed by atoms with Gasteiger partial charge in [0.05, 0.1) is 0 Å². The fourth-order valence-corrected chi connectivity index (χ4v) is 4.18. The minimum Gasteiger partial charge on any atom is -0.0882 e. The molecular formula is C22H30. The maximum atomic E-state index is 2.56. The van der Waals surface area contributed by atoms with E-state index in [-0.39, 0.29) is 0 Å². The molecule has 0 heterocycles. The molecular weight excluding hydrogens is 264 g/mol. The van der Waals surface area contributed by atoms with Gasteiger partial charge < -0.3 is 0 Å². The van der Waals surface area contributed by atoms with Crippen LogP contribution in [0.25, 0.3) is 5.57 Å². The molecule has 0 aromatic heterocycles. The molecule has 0 aliphatic heterocycles. The fraction of sp³-hybridized carbons (Fsp3) is 0.545. The zero-order chi connectivity index (χ0) is 15.0. The maximum absolute atomic E-state index is 2.56. The average Bonchev–Trinajstić information content (AvgIpc) is 2.49. The summed E-state index contributed by atoms with van der Waals surface area (Å²) in [6, 6.07) is 11.2. The Hall–Kier alpha value is -1.30. The van der Waals surface area contributed by atoms with E-state index < -0.39 is 0 Å². The van der Waals surface area contributed by atoms with Crippen molar-refractivity contribution in [2.75, 3.05) is 0 Å². The minimum atomic E-state index is 0.733. The first-order chi connectivity index (χ1) is 10.9. The van der Waals surface area contributed by atoms with Crippen LogP contribution in [0.1, 0.15) is 69.8 Å². The van der Waals surface area contributed by atoms with Gasteiger partial charge in [-0.25, -0.2) is 0 Å². The van der Waals surface area contributed by atoms with Gasteiger partial charge >= 0.3 is 0 Å². The standard InChI is InChI=1S/C22H30/c1-2-7-13-19(14-8-3-1)21-17-11-4-5-12-18-22(21)20-15-9-6-10-16-20/h6-7,9-10,13,15-16,18-19,21H,1-5,8,11-12,14,17H2/b13-7-,22-18-. The lowest BCUT2D eigenvalue weighted by Gasteiger charge is -2.30. The lowest BCUT2D eigenvalue weighted by Crippen LogP contribution is -2.17. The number of benzene rings is 1. The summed E-state index contributed by atoms with van der Waals surface area (Å²) in [6.07, 6.45) is 21.3. The molecule has 0 saturated heterocycles. The quantitative estimate of drug-likeness (QED) is 0.527. The Morgan fingerprint density at radius 1 is 0.727 bits per heavy atom. The van der Waals surface area contributed by atoms with Gasteiger partial charge in [-0.1, -0.05) is 74.2 Å². The third-order valence-electron chi connectivity index (χ3n) is 5.40. The molecule has 118 valence electrons. The van der Waals surface area contributed by atoms with Crippen molar-refractivity contribution in [3.63, 3.8) is 0 Å². The monoisotopic (exact) mass is 294 g/mol. The van der Waals surface area contributed by atoms with Gasteiger partial charge in [0, 0.05) is 0 Å². The lowest BCUT2D eigenvalue weighted by atomic mass is 9.75. The fourth-order valence-electron chi connectivity index (χ4n) is 4.18. The molecule has 2 unspecified atom stereocenters. The molecule has 0 spiro atoms. The van der Waals surface area contributed by atoms with Crippen molar-refractivity contribution < 1.29 is 0 Å². The number of hydrogen-bond donors (Lipinski definition) is 0. The summed E-state index contributed by atoms with van der Waals surface area (Å²) >= 11 is 0. The average molecular weight is 294 g/mol. The molecule has 0 radical (unpaired) electrons. The maximum Gasteiger partial charge on any atom is -0.00962 e. The molecule has 2 aliphatic carbocycles. The zero-order valence-electron chi connectivity index (χ0n) is 13.8. The first-order valence-corrected chi connectivity index (χ1v) is 9.37. The molecule has 0 fully saturated rings. The van der Waals surface area contributed by atoms with Gasteiger partial charge in [0.15, 0.2) is 0 Å². The summed E-state index contributed by atoms with van der Waals surface area (Å²) in [5.74, 6) is 1.49. The van der Waals surface area contributed by atoms with E-state index in [2.05, 4.69) is 48.6 Å². The normalized spacial score (nSPS) is 31.0. The summed E-state index contributed by atoms with van der Waals surface area (Å²) in [6.45, 7) is 0. The van der Waals surface area contributed by atoms with E-state index in [0.29, 0.717) is 0 Å². The molecule has 3 rings (SSSR count). The molecule has 1 aromatic rings. The molecule has 2 aliphatic rings. The SMILES string of the molecule is C1=C\C(C2CCCCC/C=C\2c2ccccc2)CCCCC/1. The van der Waals surface area contributed by atoms with Gasteiger partial charge in [-0.15, -0.1) is 0 Å². The highest BCUT2D eigenvalue weighted by molar-refractivity contribution is 5.68. The predicted octanol–water partition coefficient (Wildman–Crippen LogP) is 6.79. The van der Waals surface area contributed by atoms with Crippen molar-refractivity contribution in [3.8, 4) is 0 Å². The highest BCUT2D eigenvalue weighted by Gasteiger charge is 2.24. The van der Waals surface area contributed by atoms with E-state index in [1.165, 1.54) is 69.8 Å². The van der Waals surface area contributed by atoms with Gasteiger partial charge in [-0.2, -0.15) is 0 Å². The van der Waals surface area contributed by atoms with Crippen molar-refractivity contribution in [1.82, 2.24) is 0 Å².